The van der Waals surface area contributed by atoms with Gasteiger partial charge in [0.15, 0.2) is 0 Å². The molecule has 1 amide bonds. The molecule has 0 unspecified atom stereocenters. The van der Waals surface area contributed by atoms with Crippen LogP contribution >= 0.6 is 11.6 Å². The lowest BCUT2D eigenvalue weighted by Crippen LogP contribution is -2.30. The molecule has 1 aliphatic carbocycles. The number of likely N-dealkylation sites (N-methyl/N-ethyl adjacent to an activating group) is 1. The van der Waals surface area contributed by atoms with Crippen molar-refractivity contribution in [2.24, 2.45) is 11.6 Å². The Balaban J connectivity index is 0.00000345. The van der Waals surface area contributed by atoms with Crippen molar-refractivity contribution in [1.82, 2.24) is 30.1 Å². The molecule has 0 radical (unpaired) electrons. The number of hydrogen-bond acceptors (Lipinski definition) is 8. The molecule has 1 fully saturated rings. The minimum absolute atomic E-state index is 0.208. The minimum atomic E-state index is -4.77. The van der Waals surface area contributed by atoms with E-state index in [1.54, 1.807) is 19.1 Å². The van der Waals surface area contributed by atoms with E-state index < -0.39 is 17.7 Å². The fraction of sp³-hybridized carbons (Fsp3) is 0.375. The van der Waals surface area contributed by atoms with E-state index in [1.807, 2.05) is 45.7 Å². The van der Waals surface area contributed by atoms with Gasteiger partial charge >= 0.3 is 6.18 Å². The average Bonchev–Trinajstić information content (AvgIpc) is 3.35. The summed E-state index contributed by atoms with van der Waals surface area (Å²) in [4.78, 5) is 25.4. The normalized spacial score (nSPS) is 17.5. The lowest BCUT2D eigenvalue weighted by Gasteiger charge is -2.25. The van der Waals surface area contributed by atoms with E-state index in [0.717, 1.165) is 24.6 Å². The maximum absolute atomic E-state index is 13.9. The molecule has 0 saturated carbocycles. The van der Waals surface area contributed by atoms with Gasteiger partial charge in [-0.1, -0.05) is 43.3 Å². The largest absolute Gasteiger partial charge is 0.423 e. The molecule has 0 bridgehead atoms. The van der Waals surface area contributed by atoms with Crippen LogP contribution in [0.15, 0.2) is 99.9 Å². The molecule has 9 nitrogen and oxygen atoms in total. The molecule has 244 valence electrons. The predicted octanol–water partition coefficient (Wildman–Crippen LogP) is 5.48. The highest BCUT2D eigenvalue weighted by atomic mass is 35.5. The first kappa shape index (κ1) is 37.1. The molecule has 2 aliphatic rings. The molecule has 1 aromatic heterocycles. The van der Waals surface area contributed by atoms with E-state index in [2.05, 4.69) is 25.9 Å². The van der Waals surface area contributed by atoms with Gasteiger partial charge in [-0.2, -0.15) is 13.2 Å². The van der Waals surface area contributed by atoms with E-state index >= 15 is 0 Å². The van der Waals surface area contributed by atoms with Crippen LogP contribution in [0.3, 0.4) is 0 Å². The van der Waals surface area contributed by atoms with Crippen LogP contribution in [0.25, 0.3) is 5.70 Å². The molecule has 5 N–H and O–H groups in total. The van der Waals surface area contributed by atoms with Crippen LogP contribution in [0.4, 0.5) is 13.2 Å². The number of hydrazine groups is 1. The first-order chi connectivity index (χ1) is 21.3. The number of nitrogens with zero attached hydrogens (tertiary/aromatic N) is 5. The third-order valence-electron chi connectivity index (χ3n) is 6.84. The summed E-state index contributed by atoms with van der Waals surface area (Å²) in [5.41, 5.74) is 9.71. The van der Waals surface area contributed by atoms with Crippen molar-refractivity contribution in [3.8, 4) is 0 Å². The highest BCUT2D eigenvalue weighted by Gasteiger charge is 2.35. The quantitative estimate of drug-likeness (QED) is 0.147. The number of aromatic nitrogens is 2. The third kappa shape index (κ3) is 10.8. The summed E-state index contributed by atoms with van der Waals surface area (Å²) < 4.78 is 41.7. The Morgan fingerprint density at radius 1 is 1.11 bits per heavy atom. The molecule has 13 heteroatoms. The minimum Gasteiger partial charge on any atom is -0.397 e. The zero-order valence-electron chi connectivity index (χ0n) is 26.5. The molecule has 0 spiro atoms. The van der Waals surface area contributed by atoms with Gasteiger partial charge in [-0.15, -0.1) is 0 Å². The van der Waals surface area contributed by atoms with Gasteiger partial charge in [-0.25, -0.2) is 15.8 Å². The molecule has 0 atom stereocenters. The standard InChI is InChI=1S/C30H36ClF3N8O.C2H6/c1-5-20(3)27(42(36)18-26(35)22-16-37-19-38-17-22)15-24(6-2)39-29(43)21-12-23(30(32,33)34)14-25(31)28(13-21)41-9-7-8-40(4)10-11-41;1-2/h5-6,12-13,15-19H,7-11,35-36H2,1-4H3,(H,39,43);1-2H3/b20-5?,24-6+,26-18-,27-15+;. The van der Waals surface area contributed by atoms with Crippen molar-refractivity contribution < 1.29 is 18.0 Å². The summed E-state index contributed by atoms with van der Waals surface area (Å²) in [5, 5.41) is 3.78. The van der Waals surface area contributed by atoms with E-state index in [-0.39, 0.29) is 10.6 Å². The Bertz CT molecular complexity index is 1450. The van der Waals surface area contributed by atoms with Crippen molar-refractivity contribution in [2.75, 3.05) is 33.2 Å². The van der Waals surface area contributed by atoms with Gasteiger partial charge in [0.25, 0.3) is 5.91 Å². The molecule has 0 aromatic carbocycles. The number of halogens is 4. The van der Waals surface area contributed by atoms with Crippen LogP contribution in [-0.2, 0) is 4.79 Å². The number of alkyl halides is 3. The van der Waals surface area contributed by atoms with Crippen molar-refractivity contribution >= 4 is 23.2 Å². The van der Waals surface area contributed by atoms with Gasteiger partial charge in [0.2, 0.25) is 0 Å². The first-order valence-electron chi connectivity index (χ1n) is 14.5. The van der Waals surface area contributed by atoms with Crippen LogP contribution in [0, 0.1) is 0 Å². The Morgan fingerprint density at radius 3 is 2.38 bits per heavy atom. The number of hydrogen-bond donors (Lipinski definition) is 3. The Labute approximate surface area is 268 Å². The number of amides is 1. The topological polar surface area (TPSA) is 117 Å². The molecule has 45 heavy (non-hydrogen) atoms. The van der Waals surface area contributed by atoms with Gasteiger partial charge in [0.1, 0.15) is 11.4 Å². The number of nitrogens with two attached hydrogens (primary N) is 2. The second-order valence-electron chi connectivity index (χ2n) is 9.94. The van der Waals surface area contributed by atoms with Crippen LogP contribution in [0.1, 0.15) is 46.6 Å². The summed E-state index contributed by atoms with van der Waals surface area (Å²) in [5.74, 6) is 5.58. The summed E-state index contributed by atoms with van der Waals surface area (Å²) in [6, 6.07) is 0. The fourth-order valence-corrected chi connectivity index (χ4v) is 4.53. The molecule has 1 saturated heterocycles. The Hall–Kier alpha value is -4.09. The molecule has 2 heterocycles. The van der Waals surface area contributed by atoms with Crippen LogP contribution < -0.4 is 16.9 Å². The summed E-state index contributed by atoms with van der Waals surface area (Å²) in [6.07, 6.45) is 9.07. The molecule has 3 rings (SSSR count). The van der Waals surface area contributed by atoms with Crippen molar-refractivity contribution in [3.63, 3.8) is 0 Å². The zero-order chi connectivity index (χ0) is 33.7. The lowest BCUT2D eigenvalue weighted by molar-refractivity contribution is -0.116. The maximum Gasteiger partial charge on any atom is 0.423 e. The molecule has 1 aromatic rings. The monoisotopic (exact) mass is 646 g/mol. The number of carbonyl (C=O) groups excluding carboxylic acids is 1. The molecular weight excluding hydrogens is 605 g/mol. The number of rotatable bonds is 8. The fourth-order valence-electron chi connectivity index (χ4n) is 4.25. The Kier molecular flexibility index (Phi) is 14.4. The number of allylic oxidation sites excluding steroid dienone is 6. The second-order valence-corrected chi connectivity index (χ2v) is 10.3. The van der Waals surface area contributed by atoms with Gasteiger partial charge in [0.05, 0.1) is 22.7 Å². The van der Waals surface area contributed by atoms with E-state index in [1.165, 1.54) is 36.0 Å². The zero-order valence-corrected chi connectivity index (χ0v) is 27.3. The first-order valence-corrected chi connectivity index (χ1v) is 14.9. The van der Waals surface area contributed by atoms with E-state index in [9.17, 15) is 18.0 Å². The molecular formula is C32H42ClF3N8O. The van der Waals surface area contributed by atoms with Crippen molar-refractivity contribution in [1.29, 1.82) is 0 Å². The van der Waals surface area contributed by atoms with Crippen molar-refractivity contribution in [2.45, 2.75) is 47.2 Å². The smallest absolute Gasteiger partial charge is 0.397 e. The maximum atomic E-state index is 13.9. The van der Waals surface area contributed by atoms with Gasteiger partial charge < -0.3 is 20.9 Å². The lowest BCUT2D eigenvalue weighted by atomic mass is 10.1. The predicted molar refractivity (Wildman–Crippen MR) is 173 cm³/mol. The number of nitrogens with one attached hydrogen (secondary N) is 1. The van der Waals surface area contributed by atoms with Crippen LogP contribution in [-0.4, -0.2) is 70.1 Å². The summed E-state index contributed by atoms with van der Waals surface area (Å²) in [7, 11) is 1.97. The second kappa shape index (κ2) is 17.4. The summed E-state index contributed by atoms with van der Waals surface area (Å²) in [6.45, 7) is 11.9. The number of carbonyl (C=O) groups is 1. The highest BCUT2D eigenvalue weighted by molar-refractivity contribution is 6.32. The van der Waals surface area contributed by atoms with Crippen LogP contribution in [0.5, 0.6) is 0 Å². The third-order valence-corrected chi connectivity index (χ3v) is 7.13. The highest BCUT2D eigenvalue weighted by Crippen LogP contribution is 2.32. The van der Waals surface area contributed by atoms with E-state index in [0.29, 0.717) is 48.0 Å². The van der Waals surface area contributed by atoms with Gasteiger partial charge in [-0.3, -0.25) is 9.80 Å². The molecule has 1 aliphatic heterocycles. The van der Waals surface area contributed by atoms with Gasteiger partial charge in [0, 0.05) is 55.1 Å². The Morgan fingerprint density at radius 2 is 1.78 bits per heavy atom. The summed E-state index contributed by atoms with van der Waals surface area (Å²) >= 11 is 6.38. The average molecular weight is 647 g/mol. The van der Waals surface area contributed by atoms with E-state index in [4.69, 9.17) is 23.2 Å². The van der Waals surface area contributed by atoms with Gasteiger partial charge in [-0.05, 0) is 64.6 Å². The van der Waals surface area contributed by atoms with Crippen LogP contribution in [0.2, 0.25) is 0 Å². The SMILES string of the molecule is CC.CC=C(C)/C(=C\C(=C/C)NC(=O)C1=CC(C(F)(F)F)=C=C(Cl)C(N2CCCN(C)CC2)=C1)N(N)/C=C(\N)c1cncnc1. The van der Waals surface area contributed by atoms with Crippen molar-refractivity contribution in [3.05, 3.63) is 105 Å².